The van der Waals surface area contributed by atoms with E-state index < -0.39 is 0 Å². The third-order valence-corrected chi connectivity index (χ3v) is 17.8. The zero-order valence-electron chi connectivity index (χ0n) is 51.5. The number of para-hydroxylation sites is 2. The summed E-state index contributed by atoms with van der Waals surface area (Å²) < 4.78 is 4.69. The van der Waals surface area contributed by atoms with E-state index in [1.807, 2.05) is 158 Å². The minimum Gasteiger partial charge on any atom is -0.309 e. The molecule has 0 amide bonds. The zero-order valence-corrected chi connectivity index (χ0v) is 51.5. The highest BCUT2D eigenvalue weighted by atomic mass is 15.1. The van der Waals surface area contributed by atoms with E-state index in [1.54, 1.807) is 0 Å². The van der Waals surface area contributed by atoms with Crippen molar-refractivity contribution in [3.05, 3.63) is 338 Å². The van der Waals surface area contributed by atoms with Crippen LogP contribution in [0.4, 0.5) is 11.4 Å². The second-order valence-electron chi connectivity index (χ2n) is 23.7. The number of benzene rings is 13. The van der Waals surface area contributed by atoms with E-state index in [9.17, 15) is 0 Å². The van der Waals surface area contributed by atoms with Crippen LogP contribution in [0.15, 0.2) is 315 Å². The van der Waals surface area contributed by atoms with E-state index >= 15 is 0 Å². The van der Waals surface area contributed by atoms with Crippen molar-refractivity contribution in [1.82, 2.24) is 39.0 Å². The lowest BCUT2D eigenvalue weighted by molar-refractivity contribution is 1.07. The monoisotopic (exact) mass is 1220 g/mol. The van der Waals surface area contributed by atoms with Gasteiger partial charge in [0.15, 0.2) is 46.3 Å². The van der Waals surface area contributed by atoms with Crippen LogP contribution in [-0.4, -0.2) is 39.0 Å². The second kappa shape index (κ2) is 23.9. The van der Waals surface area contributed by atoms with Crippen molar-refractivity contribution < 1.29 is 0 Å². The number of hydrogen-bond acceptors (Lipinski definition) is 6. The highest BCUT2D eigenvalue weighted by molar-refractivity contribution is 6.12. The molecule has 4 heterocycles. The minimum atomic E-state index is 0.527. The van der Waals surface area contributed by atoms with Crippen LogP contribution in [0.1, 0.15) is 0 Å². The largest absolute Gasteiger partial charge is 0.309 e. The van der Waals surface area contributed by atoms with Gasteiger partial charge in [0.25, 0.3) is 0 Å². The van der Waals surface area contributed by atoms with Gasteiger partial charge in [-0.1, -0.05) is 224 Å². The van der Waals surface area contributed by atoms with E-state index in [0.29, 0.717) is 46.3 Å². The molecule has 0 spiro atoms. The molecule has 0 aliphatic rings. The summed E-state index contributed by atoms with van der Waals surface area (Å²) in [7, 11) is 0. The fourth-order valence-electron chi connectivity index (χ4n) is 13.2. The molecule has 0 aliphatic carbocycles. The molecule has 0 radical (unpaired) electrons. The highest BCUT2D eigenvalue weighted by Gasteiger charge is 2.22. The summed E-state index contributed by atoms with van der Waals surface area (Å²) >= 11 is 0. The zero-order chi connectivity index (χ0) is 64.1. The van der Waals surface area contributed by atoms with Gasteiger partial charge >= 0.3 is 0 Å². The average molecular weight is 1230 g/mol. The first-order valence-corrected chi connectivity index (χ1v) is 31.6. The van der Waals surface area contributed by atoms with Crippen LogP contribution in [0, 0.1) is 13.1 Å². The lowest BCUT2D eigenvalue weighted by Gasteiger charge is -2.16. The van der Waals surface area contributed by atoms with Gasteiger partial charge in [-0.2, -0.15) is 0 Å². The van der Waals surface area contributed by atoms with E-state index in [-0.39, 0.29) is 0 Å². The molecule has 0 fully saturated rings. The molecule has 0 bridgehead atoms. The van der Waals surface area contributed by atoms with Crippen LogP contribution in [0.5, 0.6) is 0 Å². The minimum absolute atomic E-state index is 0.527. The Morgan fingerprint density at radius 2 is 0.469 bits per heavy atom. The Hall–Kier alpha value is -13.5. The van der Waals surface area contributed by atoms with E-state index in [2.05, 4.69) is 177 Å². The third kappa shape index (κ3) is 10.5. The van der Waals surface area contributed by atoms with Gasteiger partial charge in [-0.05, 0) is 136 Å². The summed E-state index contributed by atoms with van der Waals surface area (Å²) in [6.07, 6.45) is 0. The van der Waals surface area contributed by atoms with Gasteiger partial charge in [0.2, 0.25) is 0 Å². The quantitative estimate of drug-likeness (QED) is 0.113. The molecule has 96 heavy (non-hydrogen) atoms. The van der Waals surface area contributed by atoms with Gasteiger partial charge in [0.1, 0.15) is 0 Å². The van der Waals surface area contributed by atoms with E-state index in [4.69, 9.17) is 43.0 Å². The van der Waals surface area contributed by atoms with Crippen LogP contribution in [0.25, 0.3) is 178 Å². The first-order chi connectivity index (χ1) is 47.4. The SMILES string of the molecule is [C-]#[N+]c1cccc(-c2ccc3c(c2)c2ccccc2n3-c2cc(-c3cccc(-c4cc(-c5nc(-c6ccccc6)nc(-c6ccccc6)n5)cc(-n5c6ccccc6c6cc(-c7cccc([N+]#[C-])c7)ccc65)c4)c3)cc(-c3nc(-c4ccccc4)nc(-c4ccccc4)n3)c2)c1. The maximum Gasteiger partial charge on any atom is 0.187 e. The van der Waals surface area contributed by atoms with Gasteiger partial charge in [-0.15, -0.1) is 0 Å². The van der Waals surface area contributed by atoms with Crippen molar-refractivity contribution in [2.45, 2.75) is 0 Å². The molecule has 0 saturated heterocycles. The van der Waals surface area contributed by atoms with Crippen molar-refractivity contribution >= 4 is 55.0 Å². The van der Waals surface area contributed by atoms with Gasteiger partial charge in [-0.25, -0.2) is 39.6 Å². The summed E-state index contributed by atoms with van der Waals surface area (Å²) in [6.45, 7) is 15.6. The number of fused-ring (bicyclic) bond motifs is 6. The topological polar surface area (TPSA) is 95.9 Å². The molecule has 0 atom stereocenters. The Morgan fingerprint density at radius 1 is 0.198 bits per heavy atom. The standard InChI is InChI=1S/C86H52N10/c1-87-69-34-20-32-61(47-69)63-40-42-79-75(53-63)73-36-15-17-38-77(73)95(79)71-49-65(45-67(51-71)85-91-81(55-22-7-3-8-23-55)89-82(92-85)56-24-9-4-10-25-56)59-30-19-31-60(44-59)66-46-68(86-93-83(57-26-11-5-12-27-57)90-84(94-86)58-28-13-6-14-29-58)52-72(50-66)96-78-39-18-16-37-74(78)76-54-64(41-43-80(76)96)62-33-21-35-70(48-62)88-2/h3-54H. The predicted molar refractivity (Wildman–Crippen MR) is 389 cm³/mol. The van der Waals surface area contributed by atoms with Gasteiger partial charge < -0.3 is 9.13 Å². The summed E-state index contributed by atoms with van der Waals surface area (Å²) in [6, 6.07) is 108. The van der Waals surface area contributed by atoms with E-state index in [1.165, 1.54) is 0 Å². The van der Waals surface area contributed by atoms with Crippen LogP contribution in [0.3, 0.4) is 0 Å². The lowest BCUT2D eigenvalue weighted by atomic mass is 9.95. The number of nitrogens with zero attached hydrogens (tertiary/aromatic N) is 10. The molecule has 17 aromatic rings. The first-order valence-electron chi connectivity index (χ1n) is 31.6. The van der Waals surface area contributed by atoms with E-state index in [0.717, 1.165) is 133 Å². The molecule has 0 N–H and O–H groups in total. The molecular weight excluding hydrogens is 1170 g/mol. The fourth-order valence-corrected chi connectivity index (χ4v) is 13.2. The normalized spacial score (nSPS) is 11.3. The molecule has 10 heteroatoms. The van der Waals surface area contributed by atoms with Gasteiger partial charge in [0, 0.05) is 66.3 Å². The number of hydrogen-bond donors (Lipinski definition) is 0. The summed E-state index contributed by atoms with van der Waals surface area (Å²) in [4.78, 5) is 39.0. The molecule has 0 unspecified atom stereocenters. The molecule has 4 aromatic heterocycles. The fraction of sp³-hybridized carbons (Fsp3) is 0. The Morgan fingerprint density at radius 3 is 0.833 bits per heavy atom. The second-order valence-corrected chi connectivity index (χ2v) is 23.7. The third-order valence-electron chi connectivity index (χ3n) is 17.8. The molecule has 13 aromatic carbocycles. The Bertz CT molecular complexity index is 5500. The number of rotatable bonds is 12. The Kier molecular flexibility index (Phi) is 14.1. The highest BCUT2D eigenvalue weighted by Crippen LogP contribution is 2.42. The van der Waals surface area contributed by atoms with Crippen molar-refractivity contribution in [2.24, 2.45) is 0 Å². The predicted octanol–water partition coefficient (Wildman–Crippen LogP) is 22.0. The Labute approximate surface area is 553 Å². The van der Waals surface area contributed by atoms with Gasteiger partial charge in [-0.3, -0.25) is 0 Å². The molecular formula is C86H52N10. The molecule has 0 saturated carbocycles. The molecule has 0 aliphatic heterocycles. The maximum atomic E-state index is 7.79. The summed E-state index contributed by atoms with van der Waals surface area (Å²) in [5, 5.41) is 4.36. The van der Waals surface area contributed by atoms with Crippen LogP contribution in [-0.2, 0) is 0 Å². The van der Waals surface area contributed by atoms with Crippen molar-refractivity contribution in [3.63, 3.8) is 0 Å². The van der Waals surface area contributed by atoms with Crippen molar-refractivity contribution in [3.8, 4) is 124 Å². The summed E-state index contributed by atoms with van der Waals surface area (Å²) in [5.41, 5.74) is 20.1. The molecule has 17 rings (SSSR count). The maximum absolute atomic E-state index is 7.79. The van der Waals surface area contributed by atoms with Crippen molar-refractivity contribution in [2.75, 3.05) is 0 Å². The Balaban J connectivity index is 0.891. The van der Waals surface area contributed by atoms with Crippen LogP contribution in [0.2, 0.25) is 0 Å². The van der Waals surface area contributed by atoms with Crippen LogP contribution >= 0.6 is 0 Å². The first kappa shape index (κ1) is 56.4. The molecule has 446 valence electrons. The smallest absolute Gasteiger partial charge is 0.187 e. The summed E-state index contributed by atoms with van der Waals surface area (Å²) in [5.74, 6) is 3.32. The van der Waals surface area contributed by atoms with Gasteiger partial charge in [0.05, 0.1) is 35.2 Å². The average Bonchev–Trinajstić information content (AvgIpc) is 1.58. The number of aromatic nitrogens is 8. The molecule has 10 nitrogen and oxygen atoms in total. The lowest BCUT2D eigenvalue weighted by Crippen LogP contribution is -2.02. The van der Waals surface area contributed by atoms with Crippen LogP contribution < -0.4 is 0 Å². The van der Waals surface area contributed by atoms with Crippen molar-refractivity contribution in [1.29, 1.82) is 0 Å².